The second-order valence-electron chi connectivity index (χ2n) is 6.31. The Kier molecular flexibility index (Phi) is 8.22. The van der Waals surface area contributed by atoms with Gasteiger partial charge in [0.2, 0.25) is 0 Å². The van der Waals surface area contributed by atoms with Crippen LogP contribution in [0.2, 0.25) is 5.02 Å². The molecule has 1 aromatic carbocycles. The molecule has 1 saturated heterocycles. The number of imide groups is 1. The van der Waals surface area contributed by atoms with Crippen LogP contribution in [0, 0.1) is 0 Å². The van der Waals surface area contributed by atoms with Crippen LogP contribution in [0.1, 0.15) is 29.6 Å². The van der Waals surface area contributed by atoms with E-state index in [0.29, 0.717) is 32.4 Å². The first kappa shape index (κ1) is 22.4. The lowest BCUT2D eigenvalue weighted by Crippen LogP contribution is -2.49. The molecular formula is C18H23ClN4O6. The molecule has 1 aromatic rings. The first-order valence-corrected chi connectivity index (χ1v) is 9.40. The molecule has 0 saturated carbocycles. The zero-order chi connectivity index (χ0) is 21.4. The van der Waals surface area contributed by atoms with Gasteiger partial charge >= 0.3 is 12.0 Å². The summed E-state index contributed by atoms with van der Waals surface area (Å²) in [6.45, 7) is 0.353. The second-order valence-corrected chi connectivity index (χ2v) is 6.74. The van der Waals surface area contributed by atoms with Gasteiger partial charge in [0, 0.05) is 11.6 Å². The molecule has 11 heteroatoms. The van der Waals surface area contributed by atoms with Crippen molar-refractivity contribution in [2.75, 3.05) is 26.3 Å². The minimum atomic E-state index is -0.771. The van der Waals surface area contributed by atoms with E-state index < -0.39 is 36.5 Å². The van der Waals surface area contributed by atoms with Crippen LogP contribution < -0.4 is 21.5 Å². The molecular weight excluding hydrogens is 404 g/mol. The molecule has 0 radical (unpaired) electrons. The summed E-state index contributed by atoms with van der Waals surface area (Å²) in [5, 5.41) is 2.44. The van der Waals surface area contributed by atoms with Crippen molar-refractivity contribution in [3.05, 3.63) is 28.8 Å². The van der Waals surface area contributed by atoms with Crippen LogP contribution in [0.15, 0.2) is 18.2 Å². The quantitative estimate of drug-likeness (QED) is 0.401. The molecule has 4 amide bonds. The summed E-state index contributed by atoms with van der Waals surface area (Å²) in [5.41, 5.74) is 10.6. The number of benzene rings is 1. The minimum absolute atomic E-state index is 0.0106. The number of nitrogens with one attached hydrogen (secondary N) is 1. The zero-order valence-corrected chi connectivity index (χ0v) is 16.4. The van der Waals surface area contributed by atoms with Crippen LogP contribution in [0.5, 0.6) is 5.75 Å². The maximum Gasteiger partial charge on any atom is 0.328 e. The lowest BCUT2D eigenvalue weighted by atomic mass is 10.2. The number of halogens is 1. The normalized spacial score (nSPS) is 15.7. The number of hydrogen-bond acceptors (Lipinski definition) is 7. The molecule has 0 aliphatic carbocycles. The van der Waals surface area contributed by atoms with E-state index in [2.05, 4.69) is 5.32 Å². The number of carbonyl (C=O) groups is 4. The van der Waals surface area contributed by atoms with Gasteiger partial charge in [0.15, 0.2) is 6.61 Å². The number of hydrogen-bond donors (Lipinski definition) is 3. The van der Waals surface area contributed by atoms with Gasteiger partial charge in [-0.15, -0.1) is 0 Å². The number of primary amides is 1. The third-order valence-corrected chi connectivity index (χ3v) is 4.43. The first-order valence-electron chi connectivity index (χ1n) is 9.02. The minimum Gasteiger partial charge on any atom is -0.483 e. The molecule has 1 fully saturated rings. The summed E-state index contributed by atoms with van der Waals surface area (Å²) in [6.07, 6.45) is 1.59. The Hall–Kier alpha value is -2.85. The van der Waals surface area contributed by atoms with Crippen LogP contribution in [-0.4, -0.2) is 61.1 Å². The van der Waals surface area contributed by atoms with Crippen LogP contribution in [0.4, 0.5) is 4.79 Å². The van der Waals surface area contributed by atoms with E-state index in [-0.39, 0.29) is 22.9 Å². The molecule has 0 aromatic heterocycles. The summed E-state index contributed by atoms with van der Waals surface area (Å²) in [6, 6.07) is 2.71. The smallest absolute Gasteiger partial charge is 0.328 e. The Labute approximate surface area is 172 Å². The molecule has 0 unspecified atom stereocenters. The van der Waals surface area contributed by atoms with E-state index >= 15 is 0 Å². The van der Waals surface area contributed by atoms with E-state index in [4.69, 9.17) is 32.5 Å². The summed E-state index contributed by atoms with van der Waals surface area (Å²) in [4.78, 5) is 49.2. The van der Waals surface area contributed by atoms with E-state index in [1.807, 2.05) is 0 Å². The highest BCUT2D eigenvalue weighted by molar-refractivity contribution is 6.31. The van der Waals surface area contributed by atoms with Crippen molar-refractivity contribution in [3.63, 3.8) is 0 Å². The van der Waals surface area contributed by atoms with E-state index in [0.717, 1.165) is 0 Å². The van der Waals surface area contributed by atoms with Crippen molar-refractivity contribution in [2.45, 2.75) is 25.3 Å². The highest BCUT2D eigenvalue weighted by atomic mass is 35.5. The molecule has 5 N–H and O–H groups in total. The predicted molar refractivity (Wildman–Crippen MR) is 103 cm³/mol. The van der Waals surface area contributed by atoms with Gasteiger partial charge in [0.25, 0.3) is 11.8 Å². The predicted octanol–water partition coefficient (Wildman–Crippen LogP) is 0.410. The Morgan fingerprint density at radius 1 is 1.28 bits per heavy atom. The maximum absolute atomic E-state index is 12.4. The van der Waals surface area contributed by atoms with Gasteiger partial charge in [-0.25, -0.2) is 9.59 Å². The molecule has 1 heterocycles. The van der Waals surface area contributed by atoms with Crippen molar-refractivity contribution >= 4 is 35.4 Å². The average molecular weight is 427 g/mol. The molecule has 10 nitrogen and oxygen atoms in total. The molecule has 0 bridgehead atoms. The molecule has 29 heavy (non-hydrogen) atoms. The van der Waals surface area contributed by atoms with Crippen molar-refractivity contribution in [2.24, 2.45) is 11.5 Å². The highest BCUT2D eigenvalue weighted by Crippen LogP contribution is 2.22. The molecule has 0 spiro atoms. The van der Waals surface area contributed by atoms with E-state index in [1.165, 1.54) is 23.1 Å². The maximum atomic E-state index is 12.4. The summed E-state index contributed by atoms with van der Waals surface area (Å²) in [7, 11) is 0. The molecule has 1 aliphatic rings. The highest BCUT2D eigenvalue weighted by Gasteiger charge is 2.35. The van der Waals surface area contributed by atoms with Gasteiger partial charge in [-0.2, -0.15) is 0 Å². The molecule has 2 rings (SSSR count). The number of rotatable bonds is 8. The van der Waals surface area contributed by atoms with Crippen LogP contribution >= 0.6 is 11.6 Å². The Morgan fingerprint density at radius 3 is 2.72 bits per heavy atom. The van der Waals surface area contributed by atoms with Gasteiger partial charge < -0.3 is 25.8 Å². The standard InChI is InChI=1S/C18H23ClN4O6/c19-11-4-5-14(12(9-11)16(21)25)29-10-15(24)22-18(27)23-7-1-3-13(23)17(26)28-8-2-6-20/h4-5,9,13H,1-3,6-8,10,20H2,(H2,21,25)(H,22,24,27)/t13-/m0/s1. The van der Waals surface area contributed by atoms with E-state index in [1.54, 1.807) is 0 Å². The fraction of sp³-hybridized carbons (Fsp3) is 0.444. The number of urea groups is 1. The van der Waals surface area contributed by atoms with Crippen LogP contribution in [0.25, 0.3) is 0 Å². The summed E-state index contributed by atoms with van der Waals surface area (Å²) < 4.78 is 10.4. The number of esters is 1. The number of amides is 4. The van der Waals surface area contributed by atoms with Gasteiger partial charge in [0.05, 0.1) is 12.2 Å². The Morgan fingerprint density at radius 2 is 2.03 bits per heavy atom. The molecule has 158 valence electrons. The largest absolute Gasteiger partial charge is 0.483 e. The van der Waals surface area contributed by atoms with E-state index in [9.17, 15) is 19.2 Å². The topological polar surface area (TPSA) is 154 Å². The Bertz CT molecular complexity index is 788. The van der Waals surface area contributed by atoms with Crippen molar-refractivity contribution in [1.29, 1.82) is 0 Å². The van der Waals surface area contributed by atoms with Gasteiger partial charge in [-0.05, 0) is 44.0 Å². The molecule has 1 atom stereocenters. The number of carbonyl (C=O) groups excluding carboxylic acids is 4. The second kappa shape index (κ2) is 10.6. The Balaban J connectivity index is 1.89. The van der Waals surface area contributed by atoms with Gasteiger partial charge in [0.1, 0.15) is 11.8 Å². The summed E-state index contributed by atoms with van der Waals surface area (Å²) >= 11 is 5.81. The molecule has 1 aliphatic heterocycles. The first-order chi connectivity index (χ1) is 13.8. The lowest BCUT2D eigenvalue weighted by molar-refractivity contribution is -0.148. The van der Waals surface area contributed by atoms with Crippen molar-refractivity contribution in [3.8, 4) is 5.75 Å². The van der Waals surface area contributed by atoms with Gasteiger partial charge in [-0.3, -0.25) is 14.9 Å². The third kappa shape index (κ3) is 6.33. The summed E-state index contributed by atoms with van der Waals surface area (Å²) in [5.74, 6) is -1.98. The van der Waals surface area contributed by atoms with Crippen molar-refractivity contribution in [1.82, 2.24) is 10.2 Å². The fourth-order valence-electron chi connectivity index (χ4n) is 2.80. The number of nitrogens with zero attached hydrogens (tertiary/aromatic N) is 1. The van der Waals surface area contributed by atoms with Crippen LogP contribution in [-0.2, 0) is 14.3 Å². The van der Waals surface area contributed by atoms with Gasteiger partial charge in [-0.1, -0.05) is 11.6 Å². The zero-order valence-electron chi connectivity index (χ0n) is 15.7. The third-order valence-electron chi connectivity index (χ3n) is 4.19. The SMILES string of the molecule is NCCCOC(=O)[C@@H]1CCCN1C(=O)NC(=O)COc1ccc(Cl)cc1C(N)=O. The number of likely N-dealkylation sites (tertiary alicyclic amines) is 1. The number of ether oxygens (including phenoxy) is 2. The van der Waals surface area contributed by atoms with Crippen LogP contribution in [0.3, 0.4) is 0 Å². The fourth-order valence-corrected chi connectivity index (χ4v) is 2.97. The van der Waals surface area contributed by atoms with Crippen molar-refractivity contribution < 1.29 is 28.7 Å². The average Bonchev–Trinajstić information content (AvgIpc) is 3.17. The monoisotopic (exact) mass is 426 g/mol. The lowest BCUT2D eigenvalue weighted by Gasteiger charge is -2.23. The number of nitrogens with two attached hydrogens (primary N) is 2.